The van der Waals surface area contributed by atoms with Gasteiger partial charge in [0, 0.05) is 0 Å². The molecule has 0 rings (SSSR count). The molecule has 6 nitrogen and oxygen atoms in total. The molecule has 0 aliphatic rings. The van der Waals surface area contributed by atoms with Crippen LogP contribution >= 0.6 is 0 Å². The number of hydrogen-bond donors (Lipinski definition) is 2. The molecule has 0 amide bonds. The van der Waals surface area contributed by atoms with E-state index in [0.717, 1.165) is 25.7 Å². The van der Waals surface area contributed by atoms with Gasteiger partial charge < -0.3 is 10.2 Å². The SMILES string of the molecule is CCCCCCCCCCCCS(=O)(=O)CCCCCCCCCCCC.O=C(O)CCC(=O)O. The largest absolute Gasteiger partial charge is 0.481 e. The highest BCUT2D eigenvalue weighted by molar-refractivity contribution is 7.91. The van der Waals surface area contributed by atoms with Crippen molar-refractivity contribution in [1.82, 2.24) is 0 Å². The second kappa shape index (κ2) is 27.5. The minimum atomic E-state index is -2.80. The molecule has 0 aliphatic heterocycles. The van der Waals surface area contributed by atoms with E-state index in [9.17, 15) is 18.0 Å². The predicted molar refractivity (Wildman–Crippen MR) is 147 cm³/mol. The molecule has 0 aromatic rings. The van der Waals surface area contributed by atoms with Gasteiger partial charge in [-0.15, -0.1) is 0 Å². The number of hydrogen-bond acceptors (Lipinski definition) is 4. The van der Waals surface area contributed by atoms with Crippen molar-refractivity contribution >= 4 is 21.8 Å². The van der Waals surface area contributed by atoms with Crippen molar-refractivity contribution in [3.63, 3.8) is 0 Å². The Morgan fingerprint density at radius 2 is 0.686 bits per heavy atom. The molecule has 0 aromatic carbocycles. The van der Waals surface area contributed by atoms with Gasteiger partial charge in [0.15, 0.2) is 0 Å². The molecular weight excluding hydrogens is 464 g/mol. The minimum absolute atomic E-state index is 0.296. The summed E-state index contributed by atoms with van der Waals surface area (Å²) in [6.45, 7) is 4.51. The van der Waals surface area contributed by atoms with Gasteiger partial charge in [0.25, 0.3) is 0 Å². The van der Waals surface area contributed by atoms with Crippen LogP contribution in [0, 0.1) is 0 Å². The van der Waals surface area contributed by atoms with Crippen LogP contribution in [0.25, 0.3) is 0 Å². The third kappa shape index (κ3) is 35.1. The summed E-state index contributed by atoms with van der Waals surface area (Å²) in [5, 5.41) is 15.8. The molecule has 0 aliphatic carbocycles. The average Bonchev–Trinajstić information content (AvgIpc) is 2.80. The Kier molecular flexibility index (Phi) is 28.3. The monoisotopic (exact) mass is 520 g/mol. The van der Waals surface area contributed by atoms with E-state index < -0.39 is 21.8 Å². The molecule has 35 heavy (non-hydrogen) atoms. The first kappa shape index (κ1) is 36.0. The van der Waals surface area contributed by atoms with Crippen molar-refractivity contribution in [2.75, 3.05) is 11.5 Å². The molecule has 2 N–H and O–H groups in total. The third-order valence-electron chi connectivity index (χ3n) is 6.17. The quantitative estimate of drug-likeness (QED) is 0.117. The van der Waals surface area contributed by atoms with Crippen LogP contribution in [0.5, 0.6) is 0 Å². The lowest BCUT2D eigenvalue weighted by atomic mass is 10.1. The molecule has 0 spiro atoms. The van der Waals surface area contributed by atoms with Crippen molar-refractivity contribution in [3.8, 4) is 0 Å². The predicted octanol–water partition coefficient (Wildman–Crippen LogP) is 8.18. The number of carbonyl (C=O) groups is 2. The van der Waals surface area contributed by atoms with Crippen LogP contribution in [0.2, 0.25) is 0 Å². The lowest BCUT2D eigenvalue weighted by Crippen LogP contribution is -2.11. The Hall–Kier alpha value is -1.11. The lowest BCUT2D eigenvalue weighted by molar-refractivity contribution is -0.143. The van der Waals surface area contributed by atoms with Gasteiger partial charge in [-0.3, -0.25) is 9.59 Å². The molecule has 0 saturated heterocycles. The first-order valence-electron chi connectivity index (χ1n) is 14.4. The first-order valence-corrected chi connectivity index (χ1v) is 16.2. The zero-order valence-corrected chi connectivity index (χ0v) is 23.7. The van der Waals surface area contributed by atoms with E-state index in [-0.39, 0.29) is 12.8 Å². The highest BCUT2D eigenvalue weighted by Gasteiger charge is 2.09. The van der Waals surface area contributed by atoms with Crippen molar-refractivity contribution in [2.45, 2.75) is 155 Å². The second-order valence-corrected chi connectivity index (χ2v) is 12.1. The van der Waals surface area contributed by atoms with Gasteiger partial charge >= 0.3 is 11.9 Å². The van der Waals surface area contributed by atoms with E-state index in [1.54, 1.807) is 0 Å². The van der Waals surface area contributed by atoms with Crippen LogP contribution in [0.3, 0.4) is 0 Å². The van der Waals surface area contributed by atoms with Crippen LogP contribution in [0.15, 0.2) is 0 Å². The van der Waals surface area contributed by atoms with Crippen LogP contribution in [0.4, 0.5) is 0 Å². The number of aliphatic carboxylic acids is 2. The Balaban J connectivity index is 0. The molecule has 0 heterocycles. The fourth-order valence-electron chi connectivity index (χ4n) is 3.93. The summed E-state index contributed by atoms with van der Waals surface area (Å²) >= 11 is 0. The summed E-state index contributed by atoms with van der Waals surface area (Å²) in [6.07, 6.45) is 24.6. The van der Waals surface area contributed by atoms with E-state index in [2.05, 4.69) is 13.8 Å². The fourth-order valence-corrected chi connectivity index (χ4v) is 5.43. The number of carboxylic acids is 2. The fraction of sp³-hybridized carbons (Fsp3) is 0.929. The van der Waals surface area contributed by atoms with Crippen LogP contribution < -0.4 is 0 Å². The van der Waals surface area contributed by atoms with Gasteiger partial charge in [-0.25, -0.2) is 8.42 Å². The third-order valence-corrected chi connectivity index (χ3v) is 7.99. The maximum Gasteiger partial charge on any atom is 0.303 e. The smallest absolute Gasteiger partial charge is 0.303 e. The number of sulfone groups is 1. The van der Waals surface area contributed by atoms with Gasteiger partial charge in [-0.05, 0) is 12.8 Å². The van der Waals surface area contributed by atoms with Gasteiger partial charge in [-0.2, -0.15) is 0 Å². The number of carboxylic acid groups (broad SMARTS) is 2. The van der Waals surface area contributed by atoms with Crippen molar-refractivity contribution in [3.05, 3.63) is 0 Å². The maximum absolute atomic E-state index is 12.1. The zero-order chi connectivity index (χ0) is 26.6. The summed E-state index contributed by atoms with van der Waals surface area (Å²) in [4.78, 5) is 19.3. The van der Waals surface area contributed by atoms with Gasteiger partial charge in [0.05, 0.1) is 24.3 Å². The molecule has 0 aromatic heterocycles. The van der Waals surface area contributed by atoms with Gasteiger partial charge in [-0.1, -0.05) is 129 Å². The Morgan fingerprint density at radius 1 is 0.457 bits per heavy atom. The first-order chi connectivity index (χ1) is 16.7. The molecule has 7 heteroatoms. The molecule has 0 fully saturated rings. The van der Waals surface area contributed by atoms with Gasteiger partial charge in [0.1, 0.15) is 9.84 Å². The molecule has 0 bridgehead atoms. The zero-order valence-electron chi connectivity index (χ0n) is 22.9. The van der Waals surface area contributed by atoms with Crippen LogP contribution in [-0.4, -0.2) is 42.1 Å². The summed E-state index contributed by atoms with van der Waals surface area (Å²) in [5.41, 5.74) is 0. The van der Waals surface area contributed by atoms with Crippen LogP contribution in [-0.2, 0) is 19.4 Å². The minimum Gasteiger partial charge on any atom is -0.481 e. The van der Waals surface area contributed by atoms with Crippen molar-refractivity contribution < 1.29 is 28.2 Å². The van der Waals surface area contributed by atoms with E-state index in [1.165, 1.54) is 103 Å². The van der Waals surface area contributed by atoms with E-state index >= 15 is 0 Å². The highest BCUT2D eigenvalue weighted by Crippen LogP contribution is 2.13. The van der Waals surface area contributed by atoms with E-state index in [1.807, 2.05) is 0 Å². The molecule has 0 atom stereocenters. The summed E-state index contributed by atoms with van der Waals surface area (Å²) in [7, 11) is -2.80. The summed E-state index contributed by atoms with van der Waals surface area (Å²) < 4.78 is 24.2. The highest BCUT2D eigenvalue weighted by atomic mass is 32.2. The molecular formula is C28H56O6S. The summed E-state index contributed by atoms with van der Waals surface area (Å²) in [5.74, 6) is -1.32. The number of rotatable bonds is 25. The maximum atomic E-state index is 12.1. The van der Waals surface area contributed by atoms with E-state index in [4.69, 9.17) is 10.2 Å². The standard InChI is InChI=1S/C24H50O2S.C4H6O4/c1-3-5-7-9-11-13-15-17-19-21-23-27(25,26)24-22-20-18-16-14-12-10-8-6-4-2;5-3(6)1-2-4(7)8/h3-24H2,1-2H3;1-2H2,(H,5,6)(H,7,8). The average molecular weight is 521 g/mol. The van der Waals surface area contributed by atoms with Gasteiger partial charge in [0.2, 0.25) is 0 Å². The topological polar surface area (TPSA) is 109 Å². The molecule has 0 radical (unpaired) electrons. The lowest BCUT2D eigenvalue weighted by Gasteiger charge is -2.05. The Labute approximate surface area is 216 Å². The van der Waals surface area contributed by atoms with Crippen molar-refractivity contribution in [2.24, 2.45) is 0 Å². The normalized spacial score (nSPS) is 11.1. The second-order valence-electron chi connectivity index (χ2n) is 9.80. The summed E-state index contributed by atoms with van der Waals surface area (Å²) in [6, 6.07) is 0. The molecule has 0 unspecified atom stereocenters. The molecule has 210 valence electrons. The Bertz CT molecular complexity index is 530. The van der Waals surface area contributed by atoms with E-state index in [0.29, 0.717) is 11.5 Å². The van der Waals surface area contributed by atoms with Crippen LogP contribution in [0.1, 0.15) is 155 Å². The van der Waals surface area contributed by atoms with Crippen molar-refractivity contribution in [1.29, 1.82) is 0 Å². The molecule has 0 saturated carbocycles. The Morgan fingerprint density at radius 3 is 0.914 bits per heavy atom. The number of unbranched alkanes of at least 4 members (excludes halogenated alkanes) is 18.